The standard InChI is InChI=1S/C26H17Br/c27-22-13-12-19-16-21(11-10-20(19)17-22)24-15-14-23(18-6-2-1-3-7-18)25-8-4-5-9-26(24)25/h1-17H. The summed E-state index contributed by atoms with van der Waals surface area (Å²) in [5, 5.41) is 5.08. The summed E-state index contributed by atoms with van der Waals surface area (Å²) in [6.07, 6.45) is 0. The van der Waals surface area contributed by atoms with E-state index in [1.807, 2.05) is 0 Å². The van der Waals surface area contributed by atoms with Gasteiger partial charge in [-0.3, -0.25) is 0 Å². The fraction of sp³-hybridized carbons (Fsp3) is 0. The highest BCUT2D eigenvalue weighted by Crippen LogP contribution is 2.36. The van der Waals surface area contributed by atoms with Gasteiger partial charge < -0.3 is 0 Å². The molecular formula is C26H17Br. The molecule has 5 rings (SSSR count). The number of benzene rings is 5. The summed E-state index contributed by atoms with van der Waals surface area (Å²) in [5.41, 5.74) is 5.05. The summed E-state index contributed by atoms with van der Waals surface area (Å²) in [4.78, 5) is 0. The zero-order chi connectivity index (χ0) is 18.2. The van der Waals surface area contributed by atoms with Gasteiger partial charge in [0.25, 0.3) is 0 Å². The predicted octanol–water partition coefficient (Wildman–Crippen LogP) is 8.09. The van der Waals surface area contributed by atoms with Crippen molar-refractivity contribution in [1.82, 2.24) is 0 Å². The molecule has 1 heteroatoms. The zero-order valence-corrected chi connectivity index (χ0v) is 16.3. The Hall–Kier alpha value is -2.90. The molecule has 5 aromatic rings. The predicted molar refractivity (Wildman–Crippen MR) is 120 cm³/mol. The summed E-state index contributed by atoms with van der Waals surface area (Å²) in [5.74, 6) is 0. The molecular weight excluding hydrogens is 392 g/mol. The van der Waals surface area contributed by atoms with Crippen molar-refractivity contribution in [2.75, 3.05) is 0 Å². The Kier molecular flexibility index (Phi) is 4.03. The normalized spacial score (nSPS) is 11.1. The third kappa shape index (κ3) is 2.94. The lowest BCUT2D eigenvalue weighted by Gasteiger charge is -2.13. The van der Waals surface area contributed by atoms with Crippen molar-refractivity contribution in [2.24, 2.45) is 0 Å². The van der Waals surface area contributed by atoms with Crippen LogP contribution in [0, 0.1) is 0 Å². The van der Waals surface area contributed by atoms with Crippen LogP contribution in [0.25, 0.3) is 43.8 Å². The molecule has 27 heavy (non-hydrogen) atoms. The van der Waals surface area contributed by atoms with Crippen LogP contribution < -0.4 is 0 Å². The average Bonchev–Trinajstić information content (AvgIpc) is 2.73. The highest BCUT2D eigenvalue weighted by atomic mass is 79.9. The number of fused-ring (bicyclic) bond motifs is 2. The second kappa shape index (κ2) is 6.68. The molecule has 0 unspecified atom stereocenters. The summed E-state index contributed by atoms with van der Waals surface area (Å²) in [7, 11) is 0. The molecule has 0 nitrogen and oxygen atoms in total. The van der Waals surface area contributed by atoms with Gasteiger partial charge in [0.2, 0.25) is 0 Å². The van der Waals surface area contributed by atoms with E-state index in [0.717, 1.165) is 4.47 Å². The lowest BCUT2D eigenvalue weighted by atomic mass is 9.91. The van der Waals surface area contributed by atoms with Crippen LogP contribution in [0.15, 0.2) is 108 Å². The number of hydrogen-bond donors (Lipinski definition) is 0. The summed E-state index contributed by atoms with van der Waals surface area (Å²) >= 11 is 3.56. The molecule has 0 N–H and O–H groups in total. The Morgan fingerprint density at radius 1 is 0.444 bits per heavy atom. The van der Waals surface area contributed by atoms with Crippen LogP contribution in [0.3, 0.4) is 0 Å². The maximum atomic E-state index is 3.56. The third-order valence-corrected chi connectivity index (χ3v) is 5.62. The number of rotatable bonds is 2. The Morgan fingerprint density at radius 3 is 1.78 bits per heavy atom. The van der Waals surface area contributed by atoms with E-state index >= 15 is 0 Å². The van der Waals surface area contributed by atoms with Crippen LogP contribution in [-0.2, 0) is 0 Å². The van der Waals surface area contributed by atoms with E-state index in [2.05, 4.69) is 119 Å². The first-order valence-electron chi connectivity index (χ1n) is 9.06. The molecule has 0 saturated heterocycles. The molecule has 0 fully saturated rings. The van der Waals surface area contributed by atoms with Crippen molar-refractivity contribution >= 4 is 37.5 Å². The number of halogens is 1. The summed E-state index contributed by atoms with van der Waals surface area (Å²) < 4.78 is 1.11. The molecule has 0 aliphatic carbocycles. The molecule has 128 valence electrons. The largest absolute Gasteiger partial charge is 0.0622 e. The molecule has 5 aromatic carbocycles. The van der Waals surface area contributed by atoms with Crippen LogP contribution in [-0.4, -0.2) is 0 Å². The van der Waals surface area contributed by atoms with E-state index < -0.39 is 0 Å². The molecule has 0 atom stereocenters. The van der Waals surface area contributed by atoms with Crippen LogP contribution in [0.2, 0.25) is 0 Å². The monoisotopic (exact) mass is 408 g/mol. The van der Waals surface area contributed by atoms with Gasteiger partial charge in [-0.1, -0.05) is 101 Å². The third-order valence-electron chi connectivity index (χ3n) is 5.12. The van der Waals surface area contributed by atoms with Gasteiger partial charge in [0.15, 0.2) is 0 Å². The Balaban J connectivity index is 1.74. The van der Waals surface area contributed by atoms with Gasteiger partial charge in [-0.05, 0) is 62.0 Å². The molecule has 0 aliphatic rings. The first-order chi connectivity index (χ1) is 13.3. The molecule has 0 bridgehead atoms. The zero-order valence-electron chi connectivity index (χ0n) is 14.7. The van der Waals surface area contributed by atoms with Crippen LogP contribution in [0.4, 0.5) is 0 Å². The van der Waals surface area contributed by atoms with Crippen LogP contribution in [0.1, 0.15) is 0 Å². The lowest BCUT2D eigenvalue weighted by Crippen LogP contribution is -1.86. The van der Waals surface area contributed by atoms with Crippen molar-refractivity contribution in [3.05, 3.63) is 108 Å². The topological polar surface area (TPSA) is 0 Å². The Labute approximate surface area is 167 Å². The van der Waals surface area contributed by atoms with Gasteiger partial charge in [0.05, 0.1) is 0 Å². The van der Waals surface area contributed by atoms with Crippen molar-refractivity contribution in [3.63, 3.8) is 0 Å². The molecule has 0 aliphatic heterocycles. The van der Waals surface area contributed by atoms with Crippen molar-refractivity contribution in [1.29, 1.82) is 0 Å². The molecule has 0 aromatic heterocycles. The lowest BCUT2D eigenvalue weighted by molar-refractivity contribution is 1.63. The fourth-order valence-corrected chi connectivity index (χ4v) is 4.18. The minimum atomic E-state index is 1.11. The maximum absolute atomic E-state index is 3.56. The first kappa shape index (κ1) is 16.3. The highest BCUT2D eigenvalue weighted by molar-refractivity contribution is 9.10. The SMILES string of the molecule is Brc1ccc2cc(-c3ccc(-c4ccccc4)c4ccccc34)ccc2c1. The molecule has 0 spiro atoms. The van der Waals surface area contributed by atoms with Crippen molar-refractivity contribution < 1.29 is 0 Å². The van der Waals surface area contributed by atoms with Gasteiger partial charge in [-0.2, -0.15) is 0 Å². The second-order valence-corrected chi connectivity index (χ2v) is 7.69. The van der Waals surface area contributed by atoms with Crippen LogP contribution in [0.5, 0.6) is 0 Å². The number of hydrogen-bond acceptors (Lipinski definition) is 0. The average molecular weight is 409 g/mol. The Morgan fingerprint density at radius 2 is 1.04 bits per heavy atom. The second-order valence-electron chi connectivity index (χ2n) is 6.78. The Bertz CT molecular complexity index is 1270. The van der Waals surface area contributed by atoms with Gasteiger partial charge in [0.1, 0.15) is 0 Å². The molecule has 0 radical (unpaired) electrons. The minimum Gasteiger partial charge on any atom is -0.0622 e. The summed E-state index contributed by atoms with van der Waals surface area (Å²) in [6, 6.07) is 36.9. The maximum Gasteiger partial charge on any atom is 0.0181 e. The minimum absolute atomic E-state index is 1.11. The smallest absolute Gasteiger partial charge is 0.0181 e. The molecule has 0 saturated carbocycles. The van der Waals surface area contributed by atoms with E-state index in [1.165, 1.54) is 43.8 Å². The van der Waals surface area contributed by atoms with Gasteiger partial charge >= 0.3 is 0 Å². The van der Waals surface area contributed by atoms with E-state index in [1.54, 1.807) is 0 Å². The molecule has 0 amide bonds. The summed E-state index contributed by atoms with van der Waals surface area (Å²) in [6.45, 7) is 0. The van der Waals surface area contributed by atoms with Gasteiger partial charge in [-0.15, -0.1) is 0 Å². The molecule has 0 heterocycles. The van der Waals surface area contributed by atoms with E-state index in [4.69, 9.17) is 0 Å². The quantitative estimate of drug-likeness (QED) is 0.276. The van der Waals surface area contributed by atoms with E-state index in [-0.39, 0.29) is 0 Å². The van der Waals surface area contributed by atoms with Crippen molar-refractivity contribution in [2.45, 2.75) is 0 Å². The first-order valence-corrected chi connectivity index (χ1v) is 9.86. The highest BCUT2D eigenvalue weighted by Gasteiger charge is 2.09. The van der Waals surface area contributed by atoms with E-state index in [0.29, 0.717) is 0 Å². The fourth-order valence-electron chi connectivity index (χ4n) is 3.80. The van der Waals surface area contributed by atoms with Gasteiger partial charge in [0, 0.05) is 4.47 Å². The van der Waals surface area contributed by atoms with Crippen LogP contribution >= 0.6 is 15.9 Å². The van der Waals surface area contributed by atoms with E-state index in [9.17, 15) is 0 Å². The van der Waals surface area contributed by atoms with Gasteiger partial charge in [-0.25, -0.2) is 0 Å². The van der Waals surface area contributed by atoms with Crippen molar-refractivity contribution in [3.8, 4) is 22.3 Å².